The summed E-state index contributed by atoms with van der Waals surface area (Å²) in [5.41, 5.74) is 4.80. The van der Waals surface area contributed by atoms with Gasteiger partial charge in [-0.3, -0.25) is 0 Å². The first-order chi connectivity index (χ1) is 12.7. The Bertz CT molecular complexity index is 1090. The average Bonchev–Trinajstić information content (AvgIpc) is 3.06. The Kier molecular flexibility index (Phi) is 4.09. The van der Waals surface area contributed by atoms with Gasteiger partial charge < -0.3 is 14.5 Å². The number of aromatic nitrogens is 1. The molecule has 0 fully saturated rings. The number of hydrogen-bond acceptors (Lipinski definition) is 3. The fourth-order valence-corrected chi connectivity index (χ4v) is 3.28. The highest BCUT2D eigenvalue weighted by molar-refractivity contribution is 6.12. The molecule has 0 aliphatic carbocycles. The van der Waals surface area contributed by atoms with Crippen LogP contribution in [0.4, 0.5) is 0 Å². The van der Waals surface area contributed by atoms with Gasteiger partial charge in [0.1, 0.15) is 5.75 Å². The molecule has 4 heteroatoms. The molecule has 0 unspecified atom stereocenters. The van der Waals surface area contributed by atoms with Crippen molar-refractivity contribution in [2.24, 2.45) is 0 Å². The number of rotatable bonds is 4. The average molecular weight is 345 g/mol. The van der Waals surface area contributed by atoms with Gasteiger partial charge in [-0.25, -0.2) is 4.79 Å². The number of H-pyrrole nitrogens is 1. The molecule has 0 atom stereocenters. The molecule has 0 bridgehead atoms. The number of nitrogens with one attached hydrogen (secondary N) is 1. The number of ether oxygens (including phenoxy) is 2. The first-order valence-electron chi connectivity index (χ1n) is 8.57. The van der Waals surface area contributed by atoms with Crippen molar-refractivity contribution < 1.29 is 14.3 Å². The predicted octanol–water partition coefficient (Wildman–Crippen LogP) is 5.17. The number of carbonyl (C=O) groups is 1. The third-order valence-corrected chi connectivity index (χ3v) is 4.55. The second-order valence-electron chi connectivity index (χ2n) is 6.06. The molecule has 130 valence electrons. The van der Waals surface area contributed by atoms with Crippen LogP contribution in [0.25, 0.3) is 32.9 Å². The lowest BCUT2D eigenvalue weighted by molar-refractivity contribution is 0.0526. The van der Waals surface area contributed by atoms with Crippen LogP contribution in [0.5, 0.6) is 5.75 Å². The minimum atomic E-state index is -0.296. The summed E-state index contributed by atoms with van der Waals surface area (Å²) in [6.07, 6.45) is 0. The molecular weight excluding hydrogens is 326 g/mol. The monoisotopic (exact) mass is 345 g/mol. The Morgan fingerprint density at radius 3 is 2.54 bits per heavy atom. The number of methoxy groups -OCH3 is 1. The fourth-order valence-electron chi connectivity index (χ4n) is 3.28. The lowest BCUT2D eigenvalue weighted by Crippen LogP contribution is -2.03. The van der Waals surface area contributed by atoms with Gasteiger partial charge in [-0.1, -0.05) is 30.3 Å². The molecule has 0 aliphatic heterocycles. The Hall–Kier alpha value is -3.27. The van der Waals surface area contributed by atoms with E-state index in [-0.39, 0.29) is 5.97 Å². The number of aromatic amines is 1. The highest BCUT2D eigenvalue weighted by Crippen LogP contribution is 2.34. The molecule has 1 aromatic heterocycles. The molecule has 1 N–H and O–H groups in total. The van der Waals surface area contributed by atoms with Gasteiger partial charge in [0.25, 0.3) is 0 Å². The van der Waals surface area contributed by atoms with Gasteiger partial charge in [-0.05, 0) is 36.8 Å². The number of hydrogen-bond donors (Lipinski definition) is 1. The second-order valence-corrected chi connectivity index (χ2v) is 6.06. The zero-order valence-corrected chi connectivity index (χ0v) is 14.7. The van der Waals surface area contributed by atoms with Crippen molar-refractivity contribution in [1.29, 1.82) is 0 Å². The molecule has 0 saturated heterocycles. The third kappa shape index (κ3) is 2.69. The molecule has 4 aromatic rings. The number of carbonyl (C=O) groups excluding carboxylic acids is 1. The maximum atomic E-state index is 11.8. The van der Waals surface area contributed by atoms with E-state index in [2.05, 4.69) is 29.2 Å². The van der Waals surface area contributed by atoms with Gasteiger partial charge >= 0.3 is 5.97 Å². The number of para-hydroxylation sites is 1. The topological polar surface area (TPSA) is 51.3 Å². The van der Waals surface area contributed by atoms with Crippen LogP contribution in [0, 0.1) is 0 Å². The molecular formula is C22H19NO3. The van der Waals surface area contributed by atoms with Crippen LogP contribution in [0.1, 0.15) is 17.3 Å². The molecule has 3 aromatic carbocycles. The summed E-state index contributed by atoms with van der Waals surface area (Å²) in [5, 5.41) is 2.32. The Morgan fingerprint density at radius 2 is 1.81 bits per heavy atom. The molecule has 4 rings (SSSR count). The minimum Gasteiger partial charge on any atom is -0.497 e. The van der Waals surface area contributed by atoms with Gasteiger partial charge in [-0.15, -0.1) is 0 Å². The SMILES string of the molecule is CCOC(=O)c1ccc(-c2cccc3c2[nH]c2cc(OC)ccc23)cc1. The van der Waals surface area contributed by atoms with Gasteiger partial charge in [0, 0.05) is 22.4 Å². The maximum Gasteiger partial charge on any atom is 0.338 e. The standard InChI is InChI=1S/C22H19NO3/c1-3-26-22(24)15-9-7-14(8-10-15)17-5-4-6-19-18-12-11-16(25-2)13-20(18)23-21(17)19/h4-13,23H,3H2,1-2H3. The van der Waals surface area contributed by atoms with E-state index < -0.39 is 0 Å². The van der Waals surface area contributed by atoms with Crippen molar-refractivity contribution in [2.45, 2.75) is 6.92 Å². The van der Waals surface area contributed by atoms with Gasteiger partial charge in [0.2, 0.25) is 0 Å². The fraction of sp³-hybridized carbons (Fsp3) is 0.136. The third-order valence-electron chi connectivity index (χ3n) is 4.55. The van der Waals surface area contributed by atoms with Gasteiger partial charge in [0.05, 0.1) is 30.3 Å². The second kappa shape index (κ2) is 6.56. The predicted molar refractivity (Wildman–Crippen MR) is 104 cm³/mol. The van der Waals surface area contributed by atoms with E-state index in [1.807, 2.05) is 24.3 Å². The molecule has 4 nitrogen and oxygen atoms in total. The van der Waals surface area contributed by atoms with Crippen molar-refractivity contribution in [3.63, 3.8) is 0 Å². The first kappa shape index (κ1) is 16.2. The zero-order chi connectivity index (χ0) is 18.1. The van der Waals surface area contributed by atoms with E-state index in [1.54, 1.807) is 26.2 Å². The largest absolute Gasteiger partial charge is 0.497 e. The Labute approximate surface area is 151 Å². The lowest BCUT2D eigenvalue weighted by atomic mass is 10.0. The molecule has 0 aliphatic rings. The summed E-state index contributed by atoms with van der Waals surface area (Å²) in [4.78, 5) is 15.3. The van der Waals surface area contributed by atoms with Crippen molar-refractivity contribution in [2.75, 3.05) is 13.7 Å². The molecule has 26 heavy (non-hydrogen) atoms. The first-order valence-corrected chi connectivity index (χ1v) is 8.57. The van der Waals surface area contributed by atoms with Crippen LogP contribution in [-0.2, 0) is 4.74 Å². The normalized spacial score (nSPS) is 11.0. The number of benzene rings is 3. The van der Waals surface area contributed by atoms with Gasteiger partial charge in [0.15, 0.2) is 0 Å². The summed E-state index contributed by atoms with van der Waals surface area (Å²) >= 11 is 0. The van der Waals surface area contributed by atoms with E-state index in [9.17, 15) is 4.79 Å². The molecule has 0 saturated carbocycles. The van der Waals surface area contributed by atoms with E-state index in [1.165, 1.54) is 0 Å². The van der Waals surface area contributed by atoms with E-state index in [0.717, 1.165) is 38.7 Å². The highest BCUT2D eigenvalue weighted by Gasteiger charge is 2.11. The zero-order valence-electron chi connectivity index (χ0n) is 14.7. The molecule has 0 spiro atoms. The van der Waals surface area contributed by atoms with Crippen molar-refractivity contribution >= 4 is 27.8 Å². The van der Waals surface area contributed by atoms with Crippen LogP contribution in [0.15, 0.2) is 60.7 Å². The van der Waals surface area contributed by atoms with E-state index in [0.29, 0.717) is 12.2 Å². The molecule has 0 radical (unpaired) electrons. The molecule has 0 amide bonds. The quantitative estimate of drug-likeness (QED) is 0.519. The van der Waals surface area contributed by atoms with Crippen LogP contribution < -0.4 is 4.74 Å². The van der Waals surface area contributed by atoms with Crippen LogP contribution in [0.2, 0.25) is 0 Å². The molecule has 1 heterocycles. The van der Waals surface area contributed by atoms with E-state index >= 15 is 0 Å². The van der Waals surface area contributed by atoms with Crippen LogP contribution >= 0.6 is 0 Å². The highest BCUT2D eigenvalue weighted by atomic mass is 16.5. The Balaban J connectivity index is 1.82. The number of esters is 1. The smallest absolute Gasteiger partial charge is 0.338 e. The Morgan fingerprint density at radius 1 is 1.00 bits per heavy atom. The minimum absolute atomic E-state index is 0.296. The van der Waals surface area contributed by atoms with E-state index in [4.69, 9.17) is 9.47 Å². The van der Waals surface area contributed by atoms with Crippen molar-refractivity contribution in [3.8, 4) is 16.9 Å². The van der Waals surface area contributed by atoms with Gasteiger partial charge in [-0.2, -0.15) is 0 Å². The lowest BCUT2D eigenvalue weighted by Gasteiger charge is -2.06. The van der Waals surface area contributed by atoms with Crippen LogP contribution in [-0.4, -0.2) is 24.7 Å². The summed E-state index contributed by atoms with van der Waals surface area (Å²) in [7, 11) is 1.67. The van der Waals surface area contributed by atoms with Crippen LogP contribution in [0.3, 0.4) is 0 Å². The van der Waals surface area contributed by atoms with Crippen molar-refractivity contribution in [3.05, 3.63) is 66.2 Å². The van der Waals surface area contributed by atoms with Crippen molar-refractivity contribution in [1.82, 2.24) is 4.98 Å². The number of fused-ring (bicyclic) bond motifs is 3. The summed E-state index contributed by atoms with van der Waals surface area (Å²) in [6.45, 7) is 2.18. The maximum absolute atomic E-state index is 11.8. The summed E-state index contributed by atoms with van der Waals surface area (Å²) in [5.74, 6) is 0.527. The summed E-state index contributed by atoms with van der Waals surface area (Å²) in [6, 6.07) is 19.8. The summed E-state index contributed by atoms with van der Waals surface area (Å²) < 4.78 is 10.4.